The number of nitrogens with zero attached hydrogens (tertiary/aromatic N) is 3. The minimum atomic E-state index is 0.0597. The van der Waals surface area contributed by atoms with E-state index >= 15 is 0 Å². The molecule has 84 valence electrons. The van der Waals surface area contributed by atoms with Crippen molar-refractivity contribution >= 4 is 29.0 Å². The number of nitrogens with one attached hydrogen (secondary N) is 1. The molecule has 1 aliphatic carbocycles. The monoisotopic (exact) mass is 256 g/mol. The van der Waals surface area contributed by atoms with E-state index in [0.717, 1.165) is 12.8 Å². The maximum absolute atomic E-state index is 8.97. The Morgan fingerprint density at radius 3 is 2.56 bits per heavy atom. The lowest BCUT2D eigenvalue weighted by molar-refractivity contribution is 0.749. The van der Waals surface area contributed by atoms with Gasteiger partial charge in [-0.3, -0.25) is 0 Å². The maximum atomic E-state index is 8.97. The first-order valence-corrected chi connectivity index (χ1v) is 5.86. The van der Waals surface area contributed by atoms with Crippen LogP contribution in [0.2, 0.25) is 10.4 Å². The Hall–Kier alpha value is -1.05. The molecule has 1 N–H and O–H groups in total. The van der Waals surface area contributed by atoms with Crippen molar-refractivity contribution in [2.75, 3.05) is 5.32 Å². The molecule has 0 atom stereocenters. The van der Waals surface area contributed by atoms with Gasteiger partial charge in [-0.25, -0.2) is 4.98 Å². The predicted molar refractivity (Wildman–Crippen MR) is 62.6 cm³/mol. The van der Waals surface area contributed by atoms with Crippen molar-refractivity contribution in [3.8, 4) is 6.07 Å². The number of halogens is 2. The lowest BCUT2D eigenvalue weighted by Crippen LogP contribution is -2.17. The van der Waals surface area contributed by atoms with Crippen LogP contribution < -0.4 is 5.32 Å². The van der Waals surface area contributed by atoms with Crippen LogP contribution in [0.4, 0.5) is 5.82 Å². The zero-order valence-electron chi connectivity index (χ0n) is 8.50. The molecule has 1 aliphatic rings. The molecule has 2 rings (SSSR count). The standard InChI is InChI=1S/C10H10Cl2N4/c11-8-7(5-13)9(16-10(12)15-8)14-6-3-1-2-4-6/h6H,1-4H2,(H,14,15,16). The van der Waals surface area contributed by atoms with Gasteiger partial charge in [0.1, 0.15) is 11.6 Å². The summed E-state index contributed by atoms with van der Waals surface area (Å²) in [5.41, 5.74) is 0.262. The Kier molecular flexibility index (Phi) is 3.47. The third-order valence-electron chi connectivity index (χ3n) is 2.65. The van der Waals surface area contributed by atoms with E-state index in [1.807, 2.05) is 6.07 Å². The zero-order valence-corrected chi connectivity index (χ0v) is 10.0. The van der Waals surface area contributed by atoms with E-state index in [9.17, 15) is 0 Å². The van der Waals surface area contributed by atoms with Gasteiger partial charge in [0.05, 0.1) is 0 Å². The molecule has 0 radical (unpaired) electrons. The van der Waals surface area contributed by atoms with E-state index in [2.05, 4.69) is 15.3 Å². The number of nitriles is 1. The van der Waals surface area contributed by atoms with Crippen LogP contribution in [0.15, 0.2) is 0 Å². The Morgan fingerprint density at radius 1 is 1.25 bits per heavy atom. The Labute approximate surface area is 104 Å². The van der Waals surface area contributed by atoms with Crippen LogP contribution in [0, 0.1) is 11.3 Å². The summed E-state index contributed by atoms with van der Waals surface area (Å²) in [6, 6.07) is 2.34. The zero-order chi connectivity index (χ0) is 11.5. The van der Waals surface area contributed by atoms with Crippen molar-refractivity contribution in [2.45, 2.75) is 31.7 Å². The highest BCUT2D eigenvalue weighted by Gasteiger charge is 2.19. The Morgan fingerprint density at radius 2 is 1.94 bits per heavy atom. The smallest absolute Gasteiger partial charge is 0.225 e. The molecule has 4 nitrogen and oxygen atoms in total. The SMILES string of the molecule is N#Cc1c(Cl)nc(Cl)nc1NC1CCCC1. The molecule has 1 aromatic rings. The summed E-state index contributed by atoms with van der Waals surface area (Å²) in [7, 11) is 0. The summed E-state index contributed by atoms with van der Waals surface area (Å²) in [5, 5.41) is 12.3. The fraction of sp³-hybridized carbons (Fsp3) is 0.500. The number of hydrogen-bond acceptors (Lipinski definition) is 4. The lowest BCUT2D eigenvalue weighted by atomic mass is 10.2. The molecular weight excluding hydrogens is 247 g/mol. The third kappa shape index (κ3) is 2.37. The van der Waals surface area contributed by atoms with Gasteiger partial charge in [-0.05, 0) is 24.4 Å². The van der Waals surface area contributed by atoms with Crippen LogP contribution in [-0.2, 0) is 0 Å². The molecule has 0 saturated heterocycles. The van der Waals surface area contributed by atoms with E-state index in [1.54, 1.807) is 0 Å². The van der Waals surface area contributed by atoms with Crippen LogP contribution >= 0.6 is 23.2 Å². The van der Waals surface area contributed by atoms with Crippen molar-refractivity contribution < 1.29 is 0 Å². The second-order valence-electron chi connectivity index (χ2n) is 3.74. The molecule has 1 heterocycles. The normalized spacial score (nSPS) is 16.1. The summed E-state index contributed by atoms with van der Waals surface area (Å²) in [6.45, 7) is 0. The summed E-state index contributed by atoms with van der Waals surface area (Å²) in [5.74, 6) is 0.444. The highest BCUT2D eigenvalue weighted by atomic mass is 35.5. The topological polar surface area (TPSA) is 61.6 Å². The van der Waals surface area contributed by atoms with Gasteiger partial charge in [-0.15, -0.1) is 0 Å². The first kappa shape index (κ1) is 11.4. The number of anilines is 1. The number of aromatic nitrogens is 2. The van der Waals surface area contributed by atoms with Gasteiger partial charge in [0, 0.05) is 6.04 Å². The second kappa shape index (κ2) is 4.86. The Bertz CT molecular complexity index is 435. The van der Waals surface area contributed by atoms with Crippen molar-refractivity contribution in [3.63, 3.8) is 0 Å². The van der Waals surface area contributed by atoms with Crippen molar-refractivity contribution in [1.29, 1.82) is 5.26 Å². The third-order valence-corrected chi connectivity index (χ3v) is 3.09. The van der Waals surface area contributed by atoms with Gasteiger partial charge < -0.3 is 5.32 Å². The van der Waals surface area contributed by atoms with Gasteiger partial charge in [0.2, 0.25) is 5.28 Å². The molecule has 1 aromatic heterocycles. The molecule has 6 heteroatoms. The average molecular weight is 257 g/mol. The molecular formula is C10H10Cl2N4. The molecule has 0 unspecified atom stereocenters. The first-order chi connectivity index (χ1) is 7.70. The van der Waals surface area contributed by atoms with Crippen LogP contribution in [0.25, 0.3) is 0 Å². The summed E-state index contributed by atoms with van der Waals surface area (Å²) < 4.78 is 0. The Balaban J connectivity index is 2.28. The van der Waals surface area contributed by atoms with E-state index in [4.69, 9.17) is 28.5 Å². The molecule has 1 saturated carbocycles. The fourth-order valence-electron chi connectivity index (χ4n) is 1.87. The van der Waals surface area contributed by atoms with Gasteiger partial charge in [-0.1, -0.05) is 24.4 Å². The fourth-order valence-corrected chi connectivity index (χ4v) is 2.30. The molecule has 1 fully saturated rings. The minimum Gasteiger partial charge on any atom is -0.366 e. The van der Waals surface area contributed by atoms with E-state index in [-0.39, 0.29) is 16.0 Å². The summed E-state index contributed by atoms with van der Waals surface area (Å²) >= 11 is 11.5. The van der Waals surface area contributed by atoms with Gasteiger partial charge in [0.25, 0.3) is 0 Å². The highest BCUT2D eigenvalue weighted by molar-refractivity contribution is 6.33. The number of hydrogen-bond donors (Lipinski definition) is 1. The van der Waals surface area contributed by atoms with Crippen LogP contribution in [0.5, 0.6) is 0 Å². The van der Waals surface area contributed by atoms with Crippen molar-refractivity contribution in [3.05, 3.63) is 16.0 Å². The van der Waals surface area contributed by atoms with Crippen LogP contribution in [-0.4, -0.2) is 16.0 Å². The van der Waals surface area contributed by atoms with Gasteiger partial charge in [-0.2, -0.15) is 10.2 Å². The van der Waals surface area contributed by atoms with Gasteiger partial charge >= 0.3 is 0 Å². The molecule has 16 heavy (non-hydrogen) atoms. The van der Waals surface area contributed by atoms with Gasteiger partial charge in [0.15, 0.2) is 11.0 Å². The summed E-state index contributed by atoms with van der Waals surface area (Å²) in [4.78, 5) is 7.74. The quantitative estimate of drug-likeness (QED) is 0.653. The largest absolute Gasteiger partial charge is 0.366 e. The minimum absolute atomic E-state index is 0.0597. The predicted octanol–water partition coefficient (Wildman–Crippen LogP) is 3.01. The van der Waals surface area contributed by atoms with Crippen molar-refractivity contribution in [1.82, 2.24) is 9.97 Å². The van der Waals surface area contributed by atoms with E-state index in [1.165, 1.54) is 12.8 Å². The first-order valence-electron chi connectivity index (χ1n) is 5.10. The van der Waals surface area contributed by atoms with E-state index in [0.29, 0.717) is 11.9 Å². The molecule has 0 bridgehead atoms. The second-order valence-corrected chi connectivity index (χ2v) is 4.44. The average Bonchev–Trinajstić information content (AvgIpc) is 2.70. The highest BCUT2D eigenvalue weighted by Crippen LogP contribution is 2.26. The lowest BCUT2D eigenvalue weighted by Gasteiger charge is -2.13. The molecule has 0 spiro atoms. The van der Waals surface area contributed by atoms with E-state index < -0.39 is 0 Å². The maximum Gasteiger partial charge on any atom is 0.225 e. The molecule has 0 aliphatic heterocycles. The van der Waals surface area contributed by atoms with Crippen molar-refractivity contribution in [2.24, 2.45) is 0 Å². The number of rotatable bonds is 2. The molecule has 0 amide bonds. The molecule has 0 aromatic carbocycles. The van der Waals surface area contributed by atoms with Crippen LogP contribution in [0.3, 0.4) is 0 Å². The summed E-state index contributed by atoms with van der Waals surface area (Å²) in [6.07, 6.45) is 4.58. The van der Waals surface area contributed by atoms with Crippen LogP contribution in [0.1, 0.15) is 31.2 Å².